The molecule has 0 spiro atoms. The fraction of sp³-hybridized carbons (Fsp3) is 0.292. The van der Waals surface area contributed by atoms with Gasteiger partial charge in [0.15, 0.2) is 5.69 Å². The maximum atomic E-state index is 13.0. The predicted molar refractivity (Wildman–Crippen MR) is 125 cm³/mol. The van der Waals surface area contributed by atoms with Crippen LogP contribution in [0.15, 0.2) is 54.6 Å². The number of nitrogens with zero attached hydrogens (tertiary/aromatic N) is 3. The number of amides is 2. The van der Waals surface area contributed by atoms with Gasteiger partial charge in [-0.25, -0.2) is 4.68 Å². The number of carbonyl (C=O) groups is 2. The molecule has 2 aromatic carbocycles. The third-order valence-electron chi connectivity index (χ3n) is 5.15. The van der Waals surface area contributed by atoms with Crippen molar-refractivity contribution in [2.45, 2.75) is 19.3 Å². The molecule has 0 aliphatic heterocycles. The zero-order chi connectivity index (χ0) is 23.5. The zero-order valence-corrected chi connectivity index (χ0v) is 19.0. The monoisotopic (exact) mass is 435 g/mol. The molecule has 0 unspecified atom stereocenters. The van der Waals surface area contributed by atoms with Crippen LogP contribution < -0.4 is 15.8 Å². The van der Waals surface area contributed by atoms with E-state index in [1.54, 1.807) is 31.4 Å². The van der Waals surface area contributed by atoms with Gasteiger partial charge in [-0.1, -0.05) is 26.0 Å². The Labute approximate surface area is 188 Å². The molecule has 0 atom stereocenters. The van der Waals surface area contributed by atoms with Crippen LogP contribution in [0.2, 0.25) is 0 Å². The average molecular weight is 436 g/mol. The summed E-state index contributed by atoms with van der Waals surface area (Å²) < 4.78 is 6.57. The van der Waals surface area contributed by atoms with E-state index in [9.17, 15) is 9.59 Å². The molecule has 2 amide bonds. The summed E-state index contributed by atoms with van der Waals surface area (Å²) in [5, 5.41) is 7.08. The van der Waals surface area contributed by atoms with Crippen LogP contribution in [0.5, 0.6) is 5.75 Å². The third kappa shape index (κ3) is 5.15. The van der Waals surface area contributed by atoms with Gasteiger partial charge < -0.3 is 20.7 Å². The molecule has 0 saturated heterocycles. The first-order valence-corrected chi connectivity index (χ1v) is 10.2. The van der Waals surface area contributed by atoms with Crippen LogP contribution in [-0.4, -0.2) is 54.2 Å². The second kappa shape index (κ2) is 9.23. The number of aromatic nitrogens is 2. The number of nitrogens with one attached hydrogen (secondary N) is 1. The quantitative estimate of drug-likeness (QED) is 0.566. The minimum atomic E-state index is -0.709. The summed E-state index contributed by atoms with van der Waals surface area (Å²) in [4.78, 5) is 26.9. The van der Waals surface area contributed by atoms with E-state index in [0.717, 1.165) is 6.54 Å². The maximum Gasteiger partial charge on any atom is 0.274 e. The minimum absolute atomic E-state index is 0.00625. The van der Waals surface area contributed by atoms with Gasteiger partial charge in [0.2, 0.25) is 0 Å². The summed E-state index contributed by atoms with van der Waals surface area (Å²) in [6.45, 7) is 5.26. The molecule has 1 heterocycles. The van der Waals surface area contributed by atoms with Crippen molar-refractivity contribution >= 4 is 17.5 Å². The predicted octanol–water partition coefficient (Wildman–Crippen LogP) is 3.07. The molecule has 3 N–H and O–H groups in total. The molecular formula is C24H29N5O3. The van der Waals surface area contributed by atoms with Crippen molar-refractivity contribution in [1.82, 2.24) is 14.7 Å². The maximum absolute atomic E-state index is 13.0. The van der Waals surface area contributed by atoms with Crippen LogP contribution in [0.3, 0.4) is 0 Å². The Hall–Kier alpha value is -3.65. The molecule has 3 rings (SSSR count). The van der Waals surface area contributed by atoms with Crippen LogP contribution in [-0.2, 0) is 5.41 Å². The topological polar surface area (TPSA) is 102 Å². The van der Waals surface area contributed by atoms with Gasteiger partial charge in [-0.15, -0.1) is 0 Å². The number of likely N-dealkylation sites (N-methyl/N-ethyl adjacent to an activating group) is 1. The highest BCUT2D eigenvalue weighted by Gasteiger charge is 2.22. The van der Waals surface area contributed by atoms with Gasteiger partial charge in [-0.3, -0.25) is 9.59 Å². The van der Waals surface area contributed by atoms with E-state index in [1.165, 1.54) is 16.3 Å². The molecule has 8 heteroatoms. The van der Waals surface area contributed by atoms with Crippen molar-refractivity contribution < 1.29 is 14.3 Å². The van der Waals surface area contributed by atoms with E-state index in [-0.39, 0.29) is 16.8 Å². The summed E-state index contributed by atoms with van der Waals surface area (Å²) in [5.74, 6) is -0.445. The molecule has 0 bridgehead atoms. The number of hydrogen-bond acceptors (Lipinski definition) is 5. The zero-order valence-electron chi connectivity index (χ0n) is 19.0. The molecule has 0 aliphatic rings. The second-order valence-electron chi connectivity index (χ2n) is 8.54. The SMILES string of the molecule is COc1ccc(-n2nc(C(N)=O)cc2C(=O)Nc2ccc(C(C)(C)CN(C)C)cc2)cc1. The van der Waals surface area contributed by atoms with Crippen molar-refractivity contribution in [3.63, 3.8) is 0 Å². The van der Waals surface area contributed by atoms with E-state index >= 15 is 0 Å². The van der Waals surface area contributed by atoms with E-state index in [0.29, 0.717) is 17.1 Å². The van der Waals surface area contributed by atoms with Crippen molar-refractivity contribution in [2.24, 2.45) is 5.73 Å². The third-order valence-corrected chi connectivity index (χ3v) is 5.15. The lowest BCUT2D eigenvalue weighted by molar-refractivity contribution is 0.0993. The number of carbonyl (C=O) groups excluding carboxylic acids is 2. The van der Waals surface area contributed by atoms with Crippen LogP contribution >= 0.6 is 0 Å². The van der Waals surface area contributed by atoms with Crippen LogP contribution in [0, 0.1) is 0 Å². The van der Waals surface area contributed by atoms with Gasteiger partial charge in [0.25, 0.3) is 11.8 Å². The number of nitrogens with two attached hydrogens (primary N) is 1. The molecule has 168 valence electrons. The summed E-state index contributed by atoms with van der Waals surface area (Å²) in [6.07, 6.45) is 0. The summed E-state index contributed by atoms with van der Waals surface area (Å²) in [7, 11) is 5.66. The van der Waals surface area contributed by atoms with Crippen LogP contribution in [0.25, 0.3) is 5.69 Å². The Bertz CT molecular complexity index is 1100. The summed E-state index contributed by atoms with van der Waals surface area (Å²) >= 11 is 0. The molecule has 32 heavy (non-hydrogen) atoms. The van der Waals surface area contributed by atoms with Crippen molar-refractivity contribution in [2.75, 3.05) is 33.1 Å². The summed E-state index contributed by atoms with van der Waals surface area (Å²) in [6, 6.07) is 16.1. The van der Waals surface area contributed by atoms with Crippen molar-refractivity contribution in [3.8, 4) is 11.4 Å². The lowest BCUT2D eigenvalue weighted by Crippen LogP contribution is -2.32. The van der Waals surface area contributed by atoms with Gasteiger partial charge in [0.05, 0.1) is 12.8 Å². The number of rotatable bonds is 8. The van der Waals surface area contributed by atoms with Crippen molar-refractivity contribution in [1.29, 1.82) is 0 Å². The molecule has 0 saturated carbocycles. The number of hydrogen-bond donors (Lipinski definition) is 2. The van der Waals surface area contributed by atoms with Crippen molar-refractivity contribution in [3.05, 3.63) is 71.5 Å². The van der Waals surface area contributed by atoms with E-state index < -0.39 is 11.8 Å². The normalized spacial score (nSPS) is 11.4. The highest BCUT2D eigenvalue weighted by molar-refractivity contribution is 6.05. The molecule has 0 radical (unpaired) electrons. The first-order valence-electron chi connectivity index (χ1n) is 10.2. The average Bonchev–Trinajstić information content (AvgIpc) is 3.19. The minimum Gasteiger partial charge on any atom is -0.497 e. The lowest BCUT2D eigenvalue weighted by atomic mass is 9.84. The number of benzene rings is 2. The Balaban J connectivity index is 1.86. The fourth-order valence-corrected chi connectivity index (χ4v) is 3.67. The molecule has 3 aromatic rings. The smallest absolute Gasteiger partial charge is 0.274 e. The number of methoxy groups -OCH3 is 1. The van der Waals surface area contributed by atoms with Crippen LogP contribution in [0.1, 0.15) is 40.4 Å². The second-order valence-corrected chi connectivity index (χ2v) is 8.54. The first-order chi connectivity index (χ1) is 15.1. The molecule has 1 aromatic heterocycles. The molecule has 0 fully saturated rings. The van der Waals surface area contributed by atoms with E-state index in [2.05, 4.69) is 29.2 Å². The Kier molecular flexibility index (Phi) is 6.64. The Morgan fingerprint density at radius 2 is 1.72 bits per heavy atom. The van der Waals surface area contributed by atoms with Gasteiger partial charge >= 0.3 is 0 Å². The Morgan fingerprint density at radius 3 is 2.25 bits per heavy atom. The van der Waals surface area contributed by atoms with E-state index in [4.69, 9.17) is 10.5 Å². The lowest BCUT2D eigenvalue weighted by Gasteiger charge is -2.29. The molecule has 0 aliphatic carbocycles. The standard InChI is InChI=1S/C24H29N5O3/c1-24(2,15-28(3)4)16-6-8-17(9-7-16)26-23(31)21-14-20(22(25)30)27-29(21)18-10-12-19(32-5)13-11-18/h6-14H,15H2,1-5H3,(H2,25,30)(H,26,31). The van der Waals surface area contributed by atoms with Crippen LogP contribution in [0.4, 0.5) is 5.69 Å². The highest BCUT2D eigenvalue weighted by Crippen LogP contribution is 2.25. The Morgan fingerprint density at radius 1 is 1.09 bits per heavy atom. The molecular weight excluding hydrogens is 406 g/mol. The van der Waals surface area contributed by atoms with Gasteiger partial charge in [0.1, 0.15) is 11.4 Å². The number of primary amides is 1. The van der Waals surface area contributed by atoms with E-state index in [1.807, 2.05) is 38.4 Å². The fourth-order valence-electron chi connectivity index (χ4n) is 3.67. The largest absolute Gasteiger partial charge is 0.497 e. The van der Waals surface area contributed by atoms with Gasteiger partial charge in [0, 0.05) is 23.7 Å². The highest BCUT2D eigenvalue weighted by atomic mass is 16.5. The first kappa shape index (κ1) is 23.0. The number of ether oxygens (including phenoxy) is 1. The summed E-state index contributed by atoms with van der Waals surface area (Å²) in [5.41, 5.74) is 7.98. The molecule has 8 nitrogen and oxygen atoms in total. The van der Waals surface area contributed by atoms with Gasteiger partial charge in [-0.05, 0) is 56.1 Å². The van der Waals surface area contributed by atoms with Gasteiger partial charge in [-0.2, -0.15) is 5.10 Å². The number of anilines is 1.